The summed E-state index contributed by atoms with van der Waals surface area (Å²) in [7, 11) is 0. The number of Topliss-reactive ketones (excluding diaryl/α,β-unsaturated/α-hetero) is 1. The van der Waals surface area contributed by atoms with Crippen LogP contribution in [0.1, 0.15) is 28.9 Å². The van der Waals surface area contributed by atoms with Gasteiger partial charge in [0.15, 0.2) is 5.78 Å². The lowest BCUT2D eigenvalue weighted by Gasteiger charge is -2.02. The summed E-state index contributed by atoms with van der Waals surface area (Å²) in [5.74, 6) is -0.0372. The van der Waals surface area contributed by atoms with Crippen LogP contribution >= 0.6 is 0 Å². The summed E-state index contributed by atoms with van der Waals surface area (Å²) in [6, 6.07) is 18.3. The first-order valence-corrected chi connectivity index (χ1v) is 7.96. The summed E-state index contributed by atoms with van der Waals surface area (Å²) in [5, 5.41) is 0. The van der Waals surface area contributed by atoms with Crippen molar-refractivity contribution >= 4 is 11.8 Å². The average Bonchev–Trinajstić information content (AvgIpc) is 3.15. The number of aromatic nitrogens is 1. The monoisotopic (exact) mass is 335 g/mol. The van der Waals surface area contributed by atoms with Crippen molar-refractivity contribution in [3.8, 4) is 11.5 Å². The van der Waals surface area contributed by atoms with Gasteiger partial charge in [-0.15, -0.1) is 0 Å². The molecule has 2 aromatic carbocycles. The summed E-state index contributed by atoms with van der Waals surface area (Å²) in [6.07, 6.45) is 1.62. The Morgan fingerprint density at radius 3 is 2.32 bits per heavy atom. The highest BCUT2D eigenvalue weighted by Gasteiger charge is 2.12. The summed E-state index contributed by atoms with van der Waals surface area (Å²) >= 11 is 0. The van der Waals surface area contributed by atoms with Gasteiger partial charge in [-0.1, -0.05) is 48.5 Å². The van der Waals surface area contributed by atoms with E-state index in [0.29, 0.717) is 17.1 Å². The third-order valence-corrected chi connectivity index (χ3v) is 3.61. The predicted molar refractivity (Wildman–Crippen MR) is 91.7 cm³/mol. The number of ether oxygens (including phenoxy) is 1. The Bertz CT molecular complexity index is 840. The molecular formula is C20H17NO4. The number of hydrogen-bond acceptors (Lipinski definition) is 5. The maximum absolute atomic E-state index is 11.9. The fourth-order valence-electron chi connectivity index (χ4n) is 2.30. The molecule has 0 spiro atoms. The number of esters is 1. The third kappa shape index (κ3) is 4.64. The van der Waals surface area contributed by atoms with Crippen LogP contribution in [0.5, 0.6) is 0 Å². The number of nitrogens with zero attached hydrogens (tertiary/aromatic N) is 1. The molecule has 0 N–H and O–H groups in total. The highest BCUT2D eigenvalue weighted by Crippen LogP contribution is 2.18. The average molecular weight is 335 g/mol. The van der Waals surface area contributed by atoms with Crippen LogP contribution in [0.2, 0.25) is 0 Å². The van der Waals surface area contributed by atoms with Crippen LogP contribution in [0.4, 0.5) is 0 Å². The first-order chi connectivity index (χ1) is 12.2. The SMILES string of the molecule is O=C(CCC(=O)c1ccccc1)OCc1coc(-c2ccccc2)n1. The lowest BCUT2D eigenvalue weighted by Crippen LogP contribution is -2.08. The van der Waals surface area contributed by atoms with E-state index in [0.717, 1.165) is 5.56 Å². The van der Waals surface area contributed by atoms with Crippen LogP contribution in [-0.4, -0.2) is 16.7 Å². The van der Waals surface area contributed by atoms with Gasteiger partial charge in [0.1, 0.15) is 18.6 Å². The molecule has 0 aliphatic rings. The van der Waals surface area contributed by atoms with E-state index in [9.17, 15) is 9.59 Å². The van der Waals surface area contributed by atoms with E-state index in [1.165, 1.54) is 6.26 Å². The molecule has 0 saturated heterocycles. The van der Waals surface area contributed by atoms with Crippen molar-refractivity contribution in [1.29, 1.82) is 0 Å². The van der Waals surface area contributed by atoms with E-state index in [-0.39, 0.29) is 25.2 Å². The molecule has 5 nitrogen and oxygen atoms in total. The molecular weight excluding hydrogens is 318 g/mol. The van der Waals surface area contributed by atoms with Gasteiger partial charge < -0.3 is 9.15 Å². The van der Waals surface area contributed by atoms with Crippen molar-refractivity contribution in [3.05, 3.63) is 78.2 Å². The number of ketones is 1. The maximum atomic E-state index is 11.9. The van der Waals surface area contributed by atoms with Crippen LogP contribution in [0.25, 0.3) is 11.5 Å². The molecule has 126 valence electrons. The molecule has 0 bridgehead atoms. The fourth-order valence-corrected chi connectivity index (χ4v) is 2.30. The lowest BCUT2D eigenvalue weighted by atomic mass is 10.1. The van der Waals surface area contributed by atoms with Crippen molar-refractivity contribution in [1.82, 2.24) is 4.98 Å². The zero-order valence-corrected chi connectivity index (χ0v) is 13.6. The van der Waals surface area contributed by atoms with Crippen LogP contribution in [0.15, 0.2) is 71.3 Å². The highest BCUT2D eigenvalue weighted by molar-refractivity contribution is 5.97. The minimum atomic E-state index is -0.437. The van der Waals surface area contributed by atoms with Gasteiger partial charge in [0.2, 0.25) is 5.89 Å². The molecule has 1 aromatic heterocycles. The zero-order valence-electron chi connectivity index (χ0n) is 13.6. The molecule has 3 aromatic rings. The number of oxazole rings is 1. The second kappa shape index (κ2) is 8.06. The normalized spacial score (nSPS) is 10.4. The Labute approximate surface area is 145 Å². The Morgan fingerprint density at radius 1 is 0.920 bits per heavy atom. The Balaban J connectivity index is 1.47. The molecule has 25 heavy (non-hydrogen) atoms. The summed E-state index contributed by atoms with van der Waals surface area (Å²) in [4.78, 5) is 28.0. The summed E-state index contributed by atoms with van der Waals surface area (Å²) < 4.78 is 10.5. The van der Waals surface area contributed by atoms with E-state index >= 15 is 0 Å². The summed E-state index contributed by atoms with van der Waals surface area (Å²) in [5.41, 5.74) is 1.98. The van der Waals surface area contributed by atoms with Crippen LogP contribution in [0.3, 0.4) is 0 Å². The smallest absolute Gasteiger partial charge is 0.306 e. The number of benzene rings is 2. The van der Waals surface area contributed by atoms with E-state index in [1.54, 1.807) is 24.3 Å². The van der Waals surface area contributed by atoms with Gasteiger partial charge in [0.25, 0.3) is 0 Å². The van der Waals surface area contributed by atoms with E-state index in [1.807, 2.05) is 36.4 Å². The highest BCUT2D eigenvalue weighted by atomic mass is 16.5. The molecule has 0 amide bonds. The first-order valence-electron chi connectivity index (χ1n) is 7.96. The minimum Gasteiger partial charge on any atom is -0.459 e. The third-order valence-electron chi connectivity index (χ3n) is 3.61. The number of hydrogen-bond donors (Lipinski definition) is 0. The largest absolute Gasteiger partial charge is 0.459 e. The topological polar surface area (TPSA) is 69.4 Å². The number of carbonyl (C=O) groups excluding carboxylic acids is 2. The van der Waals surface area contributed by atoms with Crippen molar-refractivity contribution < 1.29 is 18.7 Å². The number of carbonyl (C=O) groups is 2. The Kier molecular flexibility index (Phi) is 5.36. The molecule has 0 aliphatic heterocycles. The van der Waals surface area contributed by atoms with Gasteiger partial charge in [-0.3, -0.25) is 9.59 Å². The van der Waals surface area contributed by atoms with E-state index in [2.05, 4.69) is 4.98 Å². The van der Waals surface area contributed by atoms with E-state index in [4.69, 9.17) is 9.15 Å². The van der Waals surface area contributed by atoms with Gasteiger partial charge >= 0.3 is 5.97 Å². The Morgan fingerprint density at radius 2 is 1.60 bits per heavy atom. The molecule has 0 atom stereocenters. The van der Waals surface area contributed by atoms with Crippen molar-refractivity contribution in [2.45, 2.75) is 19.4 Å². The second-order valence-electron chi connectivity index (χ2n) is 5.46. The summed E-state index contributed by atoms with van der Waals surface area (Å²) in [6.45, 7) is 0.0225. The lowest BCUT2D eigenvalue weighted by molar-refractivity contribution is -0.145. The molecule has 3 rings (SSSR count). The second-order valence-corrected chi connectivity index (χ2v) is 5.46. The maximum Gasteiger partial charge on any atom is 0.306 e. The molecule has 0 unspecified atom stereocenters. The Hall–Kier alpha value is -3.21. The van der Waals surface area contributed by atoms with Gasteiger partial charge in [-0.25, -0.2) is 4.98 Å². The van der Waals surface area contributed by atoms with Crippen molar-refractivity contribution in [2.24, 2.45) is 0 Å². The molecule has 0 aliphatic carbocycles. The molecule has 1 heterocycles. The quantitative estimate of drug-likeness (QED) is 0.481. The van der Waals surface area contributed by atoms with Crippen LogP contribution in [0, 0.1) is 0 Å². The van der Waals surface area contributed by atoms with Crippen LogP contribution in [-0.2, 0) is 16.1 Å². The van der Waals surface area contributed by atoms with Gasteiger partial charge in [0, 0.05) is 17.5 Å². The molecule has 0 saturated carbocycles. The van der Waals surface area contributed by atoms with E-state index < -0.39 is 5.97 Å². The zero-order chi connectivity index (χ0) is 17.5. The van der Waals surface area contributed by atoms with Crippen molar-refractivity contribution in [2.75, 3.05) is 0 Å². The van der Waals surface area contributed by atoms with Crippen molar-refractivity contribution in [3.63, 3.8) is 0 Å². The van der Waals surface area contributed by atoms with Crippen LogP contribution < -0.4 is 0 Å². The number of rotatable bonds is 7. The molecule has 0 radical (unpaired) electrons. The standard InChI is InChI=1S/C20H17NO4/c22-18(15-7-3-1-4-8-15)11-12-19(23)24-13-17-14-25-20(21-17)16-9-5-2-6-10-16/h1-10,14H,11-13H2. The minimum absolute atomic E-state index is 0.0225. The van der Waals surface area contributed by atoms with Gasteiger partial charge in [-0.2, -0.15) is 0 Å². The first kappa shape index (κ1) is 16.6. The molecule has 5 heteroatoms. The molecule has 0 fully saturated rings. The fraction of sp³-hybridized carbons (Fsp3) is 0.150. The van der Waals surface area contributed by atoms with Gasteiger partial charge in [0.05, 0.1) is 6.42 Å². The predicted octanol–water partition coefficient (Wildman–Crippen LogP) is 4.05. The van der Waals surface area contributed by atoms with Gasteiger partial charge in [-0.05, 0) is 12.1 Å².